The molecule has 0 aromatic heterocycles. The molecular formula is C48H40N4O4S2. The minimum absolute atomic E-state index is 0.593. The summed E-state index contributed by atoms with van der Waals surface area (Å²) in [5, 5.41) is 0. The lowest BCUT2D eigenvalue weighted by Gasteiger charge is -2.15. The van der Waals surface area contributed by atoms with Crippen molar-refractivity contribution in [2.75, 3.05) is 22.9 Å². The van der Waals surface area contributed by atoms with Crippen LogP contribution in [0.2, 0.25) is 0 Å². The number of rotatable bonds is 12. The first-order chi connectivity index (χ1) is 28.3. The summed E-state index contributed by atoms with van der Waals surface area (Å²) in [7, 11) is 0. The molecule has 8 rings (SSSR count). The van der Waals surface area contributed by atoms with Crippen molar-refractivity contribution in [1.82, 2.24) is 0 Å². The van der Waals surface area contributed by atoms with Gasteiger partial charge < -0.3 is 41.9 Å². The first-order valence-corrected chi connectivity index (χ1v) is 19.8. The molecule has 0 unspecified atom stereocenters. The van der Waals surface area contributed by atoms with E-state index in [2.05, 4.69) is 0 Å². The highest BCUT2D eigenvalue weighted by molar-refractivity contribution is 7.99. The van der Waals surface area contributed by atoms with Crippen LogP contribution in [0.25, 0.3) is 0 Å². The average molecular weight is 801 g/mol. The SMILES string of the molecule is Nc1ccc(Oc2ccc(Sc3ccc(Oc4ccc(N)cc4)cc3)cc2)cc1.Nc1ccccc1Oc1ccccc1Sc1ccccc1Oc1ccccc1N. The zero-order valence-electron chi connectivity index (χ0n) is 31.2. The van der Waals surface area contributed by atoms with E-state index in [9.17, 15) is 0 Å². The molecule has 0 aliphatic rings. The molecule has 0 radical (unpaired) electrons. The summed E-state index contributed by atoms with van der Waals surface area (Å²) in [4.78, 5) is 4.16. The van der Waals surface area contributed by atoms with Crippen LogP contribution in [0.1, 0.15) is 0 Å². The summed E-state index contributed by atoms with van der Waals surface area (Å²) in [6.45, 7) is 0. The second-order valence-electron chi connectivity index (χ2n) is 12.7. The average Bonchev–Trinajstić information content (AvgIpc) is 3.24. The van der Waals surface area contributed by atoms with E-state index < -0.39 is 0 Å². The van der Waals surface area contributed by atoms with Crippen LogP contribution in [0.15, 0.2) is 214 Å². The second-order valence-corrected chi connectivity index (χ2v) is 14.9. The van der Waals surface area contributed by atoms with E-state index in [1.165, 1.54) is 0 Å². The quantitative estimate of drug-likeness (QED) is 0.0882. The van der Waals surface area contributed by atoms with E-state index in [4.69, 9.17) is 41.9 Å². The number of para-hydroxylation sites is 6. The van der Waals surface area contributed by atoms with E-state index in [0.717, 1.165) is 54.1 Å². The number of nitrogen functional groups attached to an aromatic ring is 4. The van der Waals surface area contributed by atoms with Crippen molar-refractivity contribution >= 4 is 46.3 Å². The Morgan fingerprint density at radius 3 is 0.948 bits per heavy atom. The molecule has 10 heteroatoms. The Balaban J connectivity index is 0.000000177. The van der Waals surface area contributed by atoms with Crippen LogP contribution in [-0.4, -0.2) is 0 Å². The van der Waals surface area contributed by atoms with Crippen molar-refractivity contribution in [2.24, 2.45) is 0 Å². The normalized spacial score (nSPS) is 10.5. The minimum Gasteiger partial charge on any atom is -0.457 e. The van der Waals surface area contributed by atoms with Gasteiger partial charge in [-0.1, -0.05) is 72.1 Å². The molecule has 0 fully saturated rings. The van der Waals surface area contributed by atoms with Crippen molar-refractivity contribution in [2.45, 2.75) is 19.6 Å². The van der Waals surface area contributed by atoms with Gasteiger partial charge in [0.2, 0.25) is 0 Å². The Hall–Kier alpha value is -7.14. The first kappa shape index (κ1) is 39.1. The van der Waals surface area contributed by atoms with Gasteiger partial charge in [-0.2, -0.15) is 0 Å². The van der Waals surface area contributed by atoms with E-state index in [-0.39, 0.29) is 0 Å². The Bertz CT molecular complexity index is 2370. The first-order valence-electron chi connectivity index (χ1n) is 18.2. The number of nitrogens with two attached hydrogens (primary N) is 4. The maximum Gasteiger partial charge on any atom is 0.150 e. The summed E-state index contributed by atoms with van der Waals surface area (Å²) in [5.41, 5.74) is 26.1. The van der Waals surface area contributed by atoms with E-state index >= 15 is 0 Å². The smallest absolute Gasteiger partial charge is 0.150 e. The third kappa shape index (κ3) is 11.0. The predicted octanol–water partition coefficient (Wildman–Crippen LogP) is 13.2. The van der Waals surface area contributed by atoms with Crippen molar-refractivity contribution in [3.63, 3.8) is 0 Å². The highest BCUT2D eigenvalue weighted by Gasteiger charge is 2.13. The van der Waals surface area contributed by atoms with E-state index in [0.29, 0.717) is 34.2 Å². The lowest BCUT2D eigenvalue weighted by Crippen LogP contribution is -1.94. The van der Waals surface area contributed by atoms with E-state index in [1.54, 1.807) is 23.5 Å². The number of hydrogen-bond acceptors (Lipinski definition) is 10. The number of anilines is 4. The molecule has 8 aromatic carbocycles. The third-order valence-corrected chi connectivity index (χ3v) is 10.4. The minimum atomic E-state index is 0.593. The van der Waals surface area contributed by atoms with Crippen molar-refractivity contribution in [3.8, 4) is 46.0 Å². The zero-order chi connectivity index (χ0) is 40.1. The molecule has 0 spiro atoms. The van der Waals surface area contributed by atoms with Crippen LogP contribution in [0.5, 0.6) is 46.0 Å². The van der Waals surface area contributed by atoms with Crippen LogP contribution >= 0.6 is 23.5 Å². The molecule has 0 heterocycles. The van der Waals surface area contributed by atoms with Gasteiger partial charge in [-0.3, -0.25) is 0 Å². The van der Waals surface area contributed by atoms with Crippen molar-refractivity contribution in [1.29, 1.82) is 0 Å². The fourth-order valence-corrected chi connectivity index (χ4v) is 7.14. The molecule has 288 valence electrons. The topological polar surface area (TPSA) is 141 Å². The fraction of sp³-hybridized carbons (Fsp3) is 0. The zero-order valence-corrected chi connectivity index (χ0v) is 32.9. The molecular weight excluding hydrogens is 761 g/mol. The summed E-state index contributed by atoms with van der Waals surface area (Å²) in [6, 6.07) is 61.2. The van der Waals surface area contributed by atoms with Crippen LogP contribution in [0.4, 0.5) is 22.7 Å². The van der Waals surface area contributed by atoms with Gasteiger partial charge in [-0.25, -0.2) is 0 Å². The fourth-order valence-electron chi connectivity index (χ4n) is 5.37. The maximum atomic E-state index is 6.08. The summed E-state index contributed by atoms with van der Waals surface area (Å²) in [6.07, 6.45) is 0. The molecule has 0 atom stereocenters. The Kier molecular flexibility index (Phi) is 12.9. The molecule has 0 bridgehead atoms. The van der Waals surface area contributed by atoms with Gasteiger partial charge in [0, 0.05) is 21.2 Å². The van der Waals surface area contributed by atoms with Crippen LogP contribution < -0.4 is 41.9 Å². The van der Waals surface area contributed by atoms with Gasteiger partial charge >= 0.3 is 0 Å². The molecule has 58 heavy (non-hydrogen) atoms. The highest BCUT2D eigenvalue weighted by Crippen LogP contribution is 2.43. The maximum absolute atomic E-state index is 6.08. The van der Waals surface area contributed by atoms with Crippen LogP contribution in [0, 0.1) is 0 Å². The number of ether oxygens (including phenoxy) is 4. The van der Waals surface area contributed by atoms with Gasteiger partial charge in [0.05, 0.1) is 21.2 Å². The van der Waals surface area contributed by atoms with Gasteiger partial charge in [0.15, 0.2) is 0 Å². The Morgan fingerprint density at radius 2 is 0.586 bits per heavy atom. The molecule has 0 saturated heterocycles. The Morgan fingerprint density at radius 1 is 0.276 bits per heavy atom. The van der Waals surface area contributed by atoms with Gasteiger partial charge in [-0.05, 0) is 146 Å². The predicted molar refractivity (Wildman–Crippen MR) is 238 cm³/mol. The molecule has 0 aliphatic carbocycles. The number of benzene rings is 8. The van der Waals surface area contributed by atoms with Gasteiger partial charge in [-0.15, -0.1) is 0 Å². The Labute approximate surface area is 346 Å². The monoisotopic (exact) mass is 800 g/mol. The van der Waals surface area contributed by atoms with Crippen molar-refractivity contribution < 1.29 is 18.9 Å². The van der Waals surface area contributed by atoms with Gasteiger partial charge in [0.25, 0.3) is 0 Å². The van der Waals surface area contributed by atoms with Crippen LogP contribution in [0.3, 0.4) is 0 Å². The molecule has 0 saturated carbocycles. The molecule has 0 amide bonds. The molecule has 8 nitrogen and oxygen atoms in total. The summed E-state index contributed by atoms with van der Waals surface area (Å²) in [5.74, 6) is 5.79. The lowest BCUT2D eigenvalue weighted by atomic mass is 10.3. The standard InChI is InChI=1S/2C24H20N2O2S/c25-17-1-5-19(6-2-17)27-21-9-13-23(14-10-21)29-24-15-11-22(12-16-24)28-20-7-3-18(26)4-8-20;25-17-9-1-3-11-19(17)27-21-13-5-7-15-23(21)29-24-16-8-6-14-22(24)28-20-12-4-2-10-18(20)26/h2*1-16H,25-26H2. The summed E-state index contributed by atoms with van der Waals surface area (Å²) >= 11 is 3.24. The van der Waals surface area contributed by atoms with Gasteiger partial charge in [0.1, 0.15) is 46.0 Å². The summed E-state index contributed by atoms with van der Waals surface area (Å²) < 4.78 is 23.8. The molecule has 8 N–H and O–H groups in total. The largest absolute Gasteiger partial charge is 0.457 e. The third-order valence-electron chi connectivity index (χ3n) is 8.31. The highest BCUT2D eigenvalue weighted by atomic mass is 32.2. The van der Waals surface area contributed by atoms with Crippen molar-refractivity contribution in [3.05, 3.63) is 194 Å². The lowest BCUT2D eigenvalue weighted by molar-refractivity contribution is 0.471. The molecule has 0 aliphatic heterocycles. The van der Waals surface area contributed by atoms with E-state index in [1.807, 2.05) is 194 Å². The number of hydrogen-bond donors (Lipinski definition) is 4. The second kappa shape index (κ2) is 19.1. The molecule has 8 aromatic rings. The van der Waals surface area contributed by atoms with Crippen LogP contribution in [-0.2, 0) is 0 Å².